The fourth-order valence-corrected chi connectivity index (χ4v) is 3.95. The first kappa shape index (κ1) is 17.1. The van der Waals surface area contributed by atoms with Crippen LogP contribution in [0.1, 0.15) is 31.7 Å². The van der Waals surface area contributed by atoms with Gasteiger partial charge in [0, 0.05) is 13.0 Å². The van der Waals surface area contributed by atoms with Crippen LogP contribution >= 0.6 is 0 Å². The molecule has 0 bridgehead atoms. The minimum atomic E-state index is -4.15. The molecule has 1 heterocycles. The summed E-state index contributed by atoms with van der Waals surface area (Å²) in [5.74, 6) is -1.23. The molecule has 0 aromatic carbocycles. The third kappa shape index (κ3) is 3.06. The summed E-state index contributed by atoms with van der Waals surface area (Å²) < 4.78 is 31.1. The van der Waals surface area contributed by atoms with Crippen molar-refractivity contribution in [1.82, 2.24) is 9.46 Å². The number of aliphatic carboxylic acids is 1. The number of nitrogens with zero attached hydrogens (tertiary/aromatic N) is 3. The molecule has 0 atom stereocenters. The van der Waals surface area contributed by atoms with Gasteiger partial charge in [-0.1, -0.05) is 5.16 Å². The van der Waals surface area contributed by atoms with E-state index in [-0.39, 0.29) is 29.3 Å². The van der Waals surface area contributed by atoms with Crippen LogP contribution in [0.3, 0.4) is 0 Å². The molecule has 0 aliphatic carbocycles. The van der Waals surface area contributed by atoms with Gasteiger partial charge < -0.3 is 9.63 Å². The van der Waals surface area contributed by atoms with Crippen molar-refractivity contribution in [2.24, 2.45) is 0 Å². The molecule has 116 valence electrons. The van der Waals surface area contributed by atoms with Crippen LogP contribution in [-0.4, -0.2) is 41.0 Å². The average molecular weight is 315 g/mol. The van der Waals surface area contributed by atoms with Gasteiger partial charge in [0.25, 0.3) is 0 Å². The Morgan fingerprint density at radius 1 is 1.48 bits per heavy atom. The number of nitriles is 1. The molecule has 0 radical (unpaired) electrons. The molecule has 9 heteroatoms. The van der Waals surface area contributed by atoms with E-state index in [1.54, 1.807) is 0 Å². The van der Waals surface area contributed by atoms with Crippen molar-refractivity contribution >= 4 is 16.0 Å². The predicted molar refractivity (Wildman–Crippen MR) is 71.8 cm³/mol. The second kappa shape index (κ2) is 5.83. The van der Waals surface area contributed by atoms with Crippen LogP contribution in [0.15, 0.2) is 9.42 Å². The van der Waals surface area contributed by atoms with Gasteiger partial charge in [-0.25, -0.2) is 8.42 Å². The first-order chi connectivity index (χ1) is 9.56. The van der Waals surface area contributed by atoms with Gasteiger partial charge in [-0.2, -0.15) is 9.57 Å². The van der Waals surface area contributed by atoms with E-state index in [1.807, 2.05) is 6.07 Å². The normalized spacial score (nSPS) is 12.4. The van der Waals surface area contributed by atoms with E-state index in [0.29, 0.717) is 0 Å². The molecule has 0 saturated carbocycles. The lowest BCUT2D eigenvalue weighted by molar-refractivity contribution is -0.146. The molecule has 0 aliphatic rings. The maximum atomic E-state index is 12.7. The molecule has 0 amide bonds. The lowest BCUT2D eigenvalue weighted by Crippen LogP contribution is -2.53. The largest absolute Gasteiger partial charge is 0.480 e. The third-order valence-electron chi connectivity index (χ3n) is 3.09. The second-order valence-corrected chi connectivity index (χ2v) is 6.80. The molecule has 1 aromatic heterocycles. The highest BCUT2D eigenvalue weighted by Crippen LogP contribution is 2.29. The molecule has 1 N–H and O–H groups in total. The first-order valence-corrected chi connectivity index (χ1v) is 7.57. The number of aromatic nitrogens is 1. The van der Waals surface area contributed by atoms with Crippen LogP contribution < -0.4 is 0 Å². The van der Waals surface area contributed by atoms with Crippen LogP contribution in [0.2, 0.25) is 0 Å². The molecule has 0 saturated heterocycles. The second-order valence-electron chi connectivity index (χ2n) is 5.00. The average Bonchev–Trinajstić information content (AvgIpc) is 2.69. The van der Waals surface area contributed by atoms with Crippen LogP contribution in [0.25, 0.3) is 0 Å². The smallest absolute Gasteiger partial charge is 0.324 e. The van der Waals surface area contributed by atoms with Crippen LogP contribution in [0, 0.1) is 25.2 Å². The van der Waals surface area contributed by atoms with Gasteiger partial charge in [0.1, 0.15) is 16.1 Å². The number of rotatable bonds is 6. The van der Waals surface area contributed by atoms with Gasteiger partial charge in [-0.05, 0) is 27.7 Å². The van der Waals surface area contributed by atoms with Crippen molar-refractivity contribution in [3.8, 4) is 6.07 Å². The van der Waals surface area contributed by atoms with Crippen molar-refractivity contribution in [3.63, 3.8) is 0 Å². The quantitative estimate of drug-likeness (QED) is 0.832. The number of carboxylic acid groups (broad SMARTS) is 1. The third-order valence-corrected chi connectivity index (χ3v) is 5.41. The molecule has 0 spiro atoms. The zero-order valence-electron chi connectivity index (χ0n) is 12.2. The monoisotopic (exact) mass is 315 g/mol. The van der Waals surface area contributed by atoms with Crippen LogP contribution in [-0.2, 0) is 14.8 Å². The van der Waals surface area contributed by atoms with Crippen molar-refractivity contribution in [2.45, 2.75) is 44.6 Å². The van der Waals surface area contributed by atoms with Crippen LogP contribution in [0.4, 0.5) is 0 Å². The number of hydrogen-bond donors (Lipinski definition) is 1. The van der Waals surface area contributed by atoms with Gasteiger partial charge >= 0.3 is 5.97 Å². The number of carboxylic acids is 1. The zero-order valence-corrected chi connectivity index (χ0v) is 13.1. The van der Waals surface area contributed by atoms with Crippen molar-refractivity contribution < 1.29 is 22.8 Å². The van der Waals surface area contributed by atoms with Gasteiger partial charge in [0.05, 0.1) is 6.07 Å². The Morgan fingerprint density at radius 3 is 2.43 bits per heavy atom. The molecule has 0 aliphatic heterocycles. The fraction of sp³-hybridized carbons (Fsp3) is 0.583. The molecular weight excluding hydrogens is 298 g/mol. The van der Waals surface area contributed by atoms with E-state index >= 15 is 0 Å². The number of sulfonamides is 1. The highest BCUT2D eigenvalue weighted by molar-refractivity contribution is 7.89. The van der Waals surface area contributed by atoms with E-state index in [1.165, 1.54) is 27.7 Å². The predicted octanol–water partition coefficient (Wildman–Crippen LogP) is 1.06. The molecule has 0 fully saturated rings. The zero-order chi connectivity index (χ0) is 16.4. The molecule has 21 heavy (non-hydrogen) atoms. The Hall–Kier alpha value is -1.92. The van der Waals surface area contributed by atoms with Gasteiger partial charge in [0.2, 0.25) is 10.0 Å². The SMILES string of the molecule is Cc1noc(C)c1S(=O)(=O)N(CCC#N)C(C)(C)C(=O)O. The molecule has 1 rings (SSSR count). The summed E-state index contributed by atoms with van der Waals surface area (Å²) in [4.78, 5) is 11.2. The summed E-state index contributed by atoms with van der Waals surface area (Å²) in [7, 11) is -4.15. The van der Waals surface area contributed by atoms with Gasteiger partial charge in [0.15, 0.2) is 5.76 Å². The summed E-state index contributed by atoms with van der Waals surface area (Å²) in [6, 6.07) is 1.82. The summed E-state index contributed by atoms with van der Waals surface area (Å²) in [6.07, 6.45) is -0.126. The molecule has 1 aromatic rings. The lowest BCUT2D eigenvalue weighted by atomic mass is 10.1. The summed E-state index contributed by atoms with van der Waals surface area (Å²) >= 11 is 0. The van der Waals surface area contributed by atoms with E-state index in [2.05, 4.69) is 5.16 Å². The van der Waals surface area contributed by atoms with Crippen molar-refractivity contribution in [3.05, 3.63) is 11.5 Å². The number of carbonyl (C=O) groups is 1. The molecule has 8 nitrogen and oxygen atoms in total. The van der Waals surface area contributed by atoms with Crippen LogP contribution in [0.5, 0.6) is 0 Å². The maximum Gasteiger partial charge on any atom is 0.324 e. The Morgan fingerprint density at radius 2 is 2.05 bits per heavy atom. The van der Waals surface area contributed by atoms with E-state index in [4.69, 9.17) is 9.78 Å². The van der Waals surface area contributed by atoms with Gasteiger partial charge in [-0.3, -0.25) is 4.79 Å². The topological polar surface area (TPSA) is 125 Å². The Balaban J connectivity index is 3.46. The summed E-state index contributed by atoms with van der Waals surface area (Å²) in [5.41, 5.74) is -1.55. The number of hydrogen-bond acceptors (Lipinski definition) is 6. The van der Waals surface area contributed by atoms with E-state index in [0.717, 1.165) is 4.31 Å². The fourth-order valence-electron chi connectivity index (χ4n) is 1.91. The first-order valence-electron chi connectivity index (χ1n) is 6.13. The van der Waals surface area contributed by atoms with Crippen molar-refractivity contribution in [1.29, 1.82) is 5.26 Å². The Kier molecular flexibility index (Phi) is 4.76. The molecule has 0 unspecified atom stereocenters. The van der Waals surface area contributed by atoms with Gasteiger partial charge in [-0.15, -0.1) is 0 Å². The summed E-state index contributed by atoms with van der Waals surface area (Å²) in [5, 5.41) is 21.5. The highest BCUT2D eigenvalue weighted by Gasteiger charge is 2.44. The maximum absolute atomic E-state index is 12.7. The Bertz CT molecular complexity index is 665. The molecular formula is C12H17N3O5S. The van der Waals surface area contributed by atoms with E-state index < -0.39 is 21.5 Å². The minimum Gasteiger partial charge on any atom is -0.480 e. The van der Waals surface area contributed by atoms with E-state index in [9.17, 15) is 18.3 Å². The van der Waals surface area contributed by atoms with Crippen molar-refractivity contribution in [2.75, 3.05) is 6.54 Å². The highest BCUT2D eigenvalue weighted by atomic mass is 32.2. The summed E-state index contributed by atoms with van der Waals surface area (Å²) in [6.45, 7) is 5.19. The number of aryl methyl sites for hydroxylation is 2. The standard InChI is InChI=1S/C12H17N3O5S/c1-8-10(9(2)20-14-8)21(18,19)15(7-5-6-13)12(3,4)11(16)17/h5,7H2,1-4H3,(H,16,17). The minimum absolute atomic E-state index is 0.0793. The lowest BCUT2D eigenvalue weighted by Gasteiger charge is -2.33. The Labute approximate surface area is 123 Å².